The van der Waals surface area contributed by atoms with E-state index < -0.39 is 0 Å². The number of piperidine rings is 1. The van der Waals surface area contributed by atoms with Crippen molar-refractivity contribution in [2.45, 2.75) is 44.6 Å². The van der Waals surface area contributed by atoms with Crippen molar-refractivity contribution >= 4 is 17.3 Å². The van der Waals surface area contributed by atoms with E-state index in [4.69, 9.17) is 9.47 Å². The Kier molecular flexibility index (Phi) is 8.19. The fourth-order valence-electron chi connectivity index (χ4n) is 3.07. The monoisotopic (exact) mass is 367 g/mol. The van der Waals surface area contributed by atoms with Gasteiger partial charge in [-0.25, -0.2) is 0 Å². The van der Waals surface area contributed by atoms with Gasteiger partial charge in [-0.05, 0) is 30.7 Å². The van der Waals surface area contributed by atoms with Crippen molar-refractivity contribution in [3.63, 3.8) is 0 Å². The lowest BCUT2D eigenvalue weighted by Gasteiger charge is -2.35. The average Bonchev–Trinajstić information content (AvgIpc) is 3.16. The first-order valence-corrected chi connectivity index (χ1v) is 10.0. The quantitative estimate of drug-likeness (QED) is 0.436. The topological polar surface area (TPSA) is 46.1 Å². The first kappa shape index (κ1) is 20.2. The zero-order chi connectivity index (χ0) is 18.1. The van der Waals surface area contributed by atoms with Crippen LogP contribution >= 0.6 is 11.3 Å². The van der Waals surface area contributed by atoms with Crippen LogP contribution in [0.25, 0.3) is 0 Å². The van der Waals surface area contributed by atoms with Crippen molar-refractivity contribution in [2.75, 3.05) is 47.0 Å². The highest BCUT2D eigenvalue weighted by Gasteiger charge is 2.25. The molecule has 2 rings (SSSR count). The molecule has 1 aromatic rings. The highest BCUT2D eigenvalue weighted by Crippen LogP contribution is 2.26. The third kappa shape index (κ3) is 6.28. The molecule has 0 amide bonds. The molecule has 0 radical (unpaired) electrons. The maximum absolute atomic E-state index is 5.94. The van der Waals surface area contributed by atoms with Gasteiger partial charge in [0.1, 0.15) is 0 Å². The summed E-state index contributed by atoms with van der Waals surface area (Å²) in [7, 11) is 3.60. The molecule has 0 saturated carbocycles. The fourth-order valence-corrected chi connectivity index (χ4v) is 3.92. The minimum Gasteiger partial charge on any atom is -0.385 e. The van der Waals surface area contributed by atoms with Crippen molar-refractivity contribution in [1.82, 2.24) is 10.2 Å². The molecule has 2 heterocycles. The van der Waals surface area contributed by atoms with E-state index in [1.165, 1.54) is 4.88 Å². The molecule has 6 heteroatoms. The third-order valence-electron chi connectivity index (χ3n) is 4.68. The van der Waals surface area contributed by atoms with Crippen molar-refractivity contribution in [1.29, 1.82) is 0 Å². The standard InChI is InChI=1S/C19H33N3O2S/c1-19(2,17-7-5-14-25-17)15-21-18(20-3)22-10-8-16(9-11-22)24-13-6-12-23-4/h5,7,14,16H,6,8-13,15H2,1-4H3,(H,20,21). The molecule has 1 saturated heterocycles. The molecule has 0 unspecified atom stereocenters. The van der Waals surface area contributed by atoms with E-state index in [-0.39, 0.29) is 5.41 Å². The Morgan fingerprint density at radius 2 is 2.12 bits per heavy atom. The first-order chi connectivity index (χ1) is 12.1. The van der Waals surface area contributed by atoms with E-state index in [1.54, 1.807) is 7.11 Å². The van der Waals surface area contributed by atoms with Crippen LogP contribution in [-0.2, 0) is 14.9 Å². The lowest BCUT2D eigenvalue weighted by Crippen LogP contribution is -2.49. The van der Waals surface area contributed by atoms with Crippen LogP contribution in [0.5, 0.6) is 0 Å². The number of thiophene rings is 1. The van der Waals surface area contributed by atoms with Crippen LogP contribution in [-0.4, -0.2) is 64.0 Å². The van der Waals surface area contributed by atoms with Crippen molar-refractivity contribution in [3.05, 3.63) is 22.4 Å². The second-order valence-corrected chi connectivity index (χ2v) is 8.11. The van der Waals surface area contributed by atoms with Gasteiger partial charge in [-0.2, -0.15) is 0 Å². The van der Waals surface area contributed by atoms with E-state index in [2.05, 4.69) is 46.6 Å². The lowest BCUT2D eigenvalue weighted by atomic mass is 9.91. The Labute approximate surface area is 156 Å². The van der Waals surface area contributed by atoms with E-state index in [1.807, 2.05) is 18.4 Å². The second kappa shape index (κ2) is 10.1. The molecule has 1 aliphatic heterocycles. The summed E-state index contributed by atoms with van der Waals surface area (Å²) in [5.41, 5.74) is 0.104. The fraction of sp³-hybridized carbons (Fsp3) is 0.737. The number of methoxy groups -OCH3 is 1. The van der Waals surface area contributed by atoms with E-state index in [0.717, 1.165) is 58.1 Å². The molecule has 25 heavy (non-hydrogen) atoms. The number of nitrogens with one attached hydrogen (secondary N) is 1. The smallest absolute Gasteiger partial charge is 0.193 e. The summed E-state index contributed by atoms with van der Waals surface area (Å²) in [5.74, 6) is 1.00. The molecule has 1 aromatic heterocycles. The van der Waals surface area contributed by atoms with Gasteiger partial charge in [0.25, 0.3) is 0 Å². The lowest BCUT2D eigenvalue weighted by molar-refractivity contribution is 0.00988. The number of hydrogen-bond donors (Lipinski definition) is 1. The first-order valence-electron chi connectivity index (χ1n) is 9.17. The average molecular weight is 368 g/mol. The predicted molar refractivity (Wildman–Crippen MR) is 106 cm³/mol. The number of likely N-dealkylation sites (tertiary alicyclic amines) is 1. The zero-order valence-electron chi connectivity index (χ0n) is 16.1. The summed E-state index contributed by atoms with van der Waals surface area (Å²) in [6.07, 6.45) is 3.45. The molecule has 0 bridgehead atoms. The Hall–Kier alpha value is -1.11. The van der Waals surface area contributed by atoms with Crippen molar-refractivity contribution in [3.8, 4) is 0 Å². The van der Waals surface area contributed by atoms with Gasteiger partial charge < -0.3 is 19.7 Å². The minimum atomic E-state index is 0.104. The Bertz CT molecular complexity index is 509. The Balaban J connectivity index is 1.75. The van der Waals surface area contributed by atoms with Gasteiger partial charge in [0.05, 0.1) is 6.10 Å². The molecule has 1 fully saturated rings. The summed E-state index contributed by atoms with van der Waals surface area (Å²) >= 11 is 1.82. The van der Waals surface area contributed by atoms with Gasteiger partial charge in [-0.15, -0.1) is 11.3 Å². The van der Waals surface area contributed by atoms with Crippen molar-refractivity contribution in [2.24, 2.45) is 4.99 Å². The normalized spacial score (nSPS) is 17.1. The molecule has 142 valence electrons. The summed E-state index contributed by atoms with van der Waals surface area (Å²) in [4.78, 5) is 8.23. The number of rotatable bonds is 8. The van der Waals surface area contributed by atoms with Gasteiger partial charge in [-0.1, -0.05) is 19.9 Å². The van der Waals surface area contributed by atoms with Crippen LogP contribution in [0, 0.1) is 0 Å². The van der Waals surface area contributed by atoms with Gasteiger partial charge >= 0.3 is 0 Å². The van der Waals surface area contributed by atoms with Crippen LogP contribution in [0.2, 0.25) is 0 Å². The number of nitrogens with zero attached hydrogens (tertiary/aromatic N) is 2. The van der Waals surface area contributed by atoms with E-state index >= 15 is 0 Å². The van der Waals surface area contributed by atoms with Gasteiger partial charge in [0, 0.05) is 57.3 Å². The number of hydrogen-bond acceptors (Lipinski definition) is 4. The Morgan fingerprint density at radius 3 is 2.72 bits per heavy atom. The summed E-state index contributed by atoms with van der Waals surface area (Å²) < 4.78 is 11.0. The highest BCUT2D eigenvalue weighted by molar-refractivity contribution is 7.10. The van der Waals surface area contributed by atoms with Gasteiger partial charge in [-0.3, -0.25) is 4.99 Å². The highest BCUT2D eigenvalue weighted by atomic mass is 32.1. The van der Waals surface area contributed by atoms with Crippen molar-refractivity contribution < 1.29 is 9.47 Å². The maximum Gasteiger partial charge on any atom is 0.193 e. The molecular weight excluding hydrogens is 334 g/mol. The molecule has 0 spiro atoms. The molecule has 5 nitrogen and oxygen atoms in total. The summed E-state index contributed by atoms with van der Waals surface area (Å²) in [6, 6.07) is 4.33. The van der Waals surface area contributed by atoms with E-state index in [9.17, 15) is 0 Å². The van der Waals surface area contributed by atoms with E-state index in [0.29, 0.717) is 6.10 Å². The molecule has 0 aromatic carbocycles. The predicted octanol–water partition coefficient (Wildman–Crippen LogP) is 3.12. The minimum absolute atomic E-state index is 0.104. The largest absolute Gasteiger partial charge is 0.385 e. The van der Waals surface area contributed by atoms with Crippen LogP contribution in [0.15, 0.2) is 22.5 Å². The van der Waals surface area contributed by atoms with Crippen LogP contribution in [0.4, 0.5) is 0 Å². The zero-order valence-corrected chi connectivity index (χ0v) is 16.9. The molecular formula is C19H33N3O2S. The molecule has 0 aliphatic carbocycles. The second-order valence-electron chi connectivity index (χ2n) is 7.17. The SMILES string of the molecule is CN=C(NCC(C)(C)c1cccs1)N1CCC(OCCCOC)CC1. The van der Waals surface area contributed by atoms with Gasteiger partial charge in [0.2, 0.25) is 0 Å². The summed E-state index contributed by atoms with van der Waals surface area (Å²) in [6.45, 7) is 8.99. The number of guanidine groups is 1. The molecule has 1 N–H and O–H groups in total. The van der Waals surface area contributed by atoms with Crippen LogP contribution < -0.4 is 5.32 Å². The molecule has 1 aliphatic rings. The number of aliphatic imine (C=N–C) groups is 1. The Morgan fingerprint density at radius 1 is 1.36 bits per heavy atom. The number of ether oxygens (including phenoxy) is 2. The van der Waals surface area contributed by atoms with Crippen LogP contribution in [0.3, 0.4) is 0 Å². The maximum atomic E-state index is 5.94. The summed E-state index contributed by atoms with van der Waals surface area (Å²) in [5, 5.41) is 5.71. The molecule has 0 atom stereocenters. The third-order valence-corrected chi connectivity index (χ3v) is 5.91. The van der Waals surface area contributed by atoms with Crippen LogP contribution in [0.1, 0.15) is 38.0 Å². The van der Waals surface area contributed by atoms with Gasteiger partial charge in [0.15, 0.2) is 5.96 Å².